The molecular weight excluding hydrogens is 420 g/mol. The first kappa shape index (κ1) is 22.4. The van der Waals surface area contributed by atoms with Gasteiger partial charge in [-0.2, -0.15) is 5.10 Å². The van der Waals surface area contributed by atoms with Crippen LogP contribution in [0, 0.1) is 0 Å². The Morgan fingerprint density at radius 3 is 2.55 bits per heavy atom. The SMILES string of the molecule is CC(OC(=O)Nc1ccnn1-c1ccc(N2CCCCC2CC(=O)O)cc1)c1ccccc1. The summed E-state index contributed by atoms with van der Waals surface area (Å²) < 4.78 is 7.12. The zero-order valence-electron chi connectivity index (χ0n) is 18.6. The molecule has 1 aliphatic heterocycles. The lowest BCUT2D eigenvalue weighted by atomic mass is 9.98. The Morgan fingerprint density at radius 1 is 1.09 bits per heavy atom. The number of aromatic nitrogens is 2. The van der Waals surface area contributed by atoms with Crippen molar-refractivity contribution in [3.63, 3.8) is 0 Å². The number of amides is 1. The molecule has 172 valence electrons. The van der Waals surface area contributed by atoms with Crippen LogP contribution in [0.15, 0.2) is 66.9 Å². The summed E-state index contributed by atoms with van der Waals surface area (Å²) in [6, 6.07) is 19.0. The third-order valence-corrected chi connectivity index (χ3v) is 5.89. The quantitative estimate of drug-likeness (QED) is 0.527. The molecule has 8 heteroatoms. The minimum atomic E-state index is -0.774. The van der Waals surface area contributed by atoms with Crippen molar-refractivity contribution in [1.29, 1.82) is 0 Å². The molecule has 2 heterocycles. The molecule has 0 saturated carbocycles. The number of ether oxygens (including phenoxy) is 1. The number of aliphatic carboxylic acids is 1. The summed E-state index contributed by atoms with van der Waals surface area (Å²) in [5.41, 5.74) is 2.68. The molecule has 33 heavy (non-hydrogen) atoms. The Kier molecular flexibility index (Phi) is 6.92. The van der Waals surface area contributed by atoms with Crippen LogP contribution in [0.3, 0.4) is 0 Å². The number of anilines is 2. The fourth-order valence-electron chi connectivity index (χ4n) is 4.23. The molecule has 1 amide bonds. The number of carbonyl (C=O) groups excluding carboxylic acids is 1. The van der Waals surface area contributed by atoms with Gasteiger partial charge in [0.25, 0.3) is 0 Å². The lowest BCUT2D eigenvalue weighted by Gasteiger charge is -2.37. The molecule has 2 atom stereocenters. The van der Waals surface area contributed by atoms with E-state index in [9.17, 15) is 14.7 Å². The van der Waals surface area contributed by atoms with E-state index in [0.717, 1.165) is 42.7 Å². The Balaban J connectivity index is 1.44. The Labute approximate surface area is 192 Å². The smallest absolute Gasteiger partial charge is 0.413 e. The van der Waals surface area contributed by atoms with Crippen molar-refractivity contribution in [3.05, 3.63) is 72.4 Å². The zero-order chi connectivity index (χ0) is 23.2. The third-order valence-electron chi connectivity index (χ3n) is 5.89. The van der Waals surface area contributed by atoms with E-state index in [4.69, 9.17) is 4.74 Å². The average Bonchev–Trinajstić information content (AvgIpc) is 3.27. The third kappa shape index (κ3) is 5.52. The molecule has 3 aromatic rings. The molecule has 0 spiro atoms. The van der Waals surface area contributed by atoms with Gasteiger partial charge >= 0.3 is 12.1 Å². The van der Waals surface area contributed by atoms with Crippen LogP contribution in [0.5, 0.6) is 0 Å². The number of hydrogen-bond donors (Lipinski definition) is 2. The van der Waals surface area contributed by atoms with Gasteiger partial charge in [0.05, 0.1) is 18.3 Å². The highest BCUT2D eigenvalue weighted by atomic mass is 16.6. The summed E-state index contributed by atoms with van der Waals surface area (Å²) in [6.07, 6.45) is 3.78. The van der Waals surface area contributed by atoms with Crippen LogP contribution in [0.4, 0.5) is 16.3 Å². The molecule has 1 aromatic heterocycles. The van der Waals surface area contributed by atoms with Crippen LogP contribution in [-0.4, -0.2) is 39.5 Å². The first-order valence-corrected chi connectivity index (χ1v) is 11.2. The standard InChI is InChI=1S/C25H28N4O4/c1-18(19-7-3-2-4-8-19)33-25(32)27-23-14-15-26-29(23)21-12-10-20(11-13-21)28-16-6-5-9-22(28)17-24(30)31/h2-4,7-8,10-15,18,22H,5-6,9,16-17H2,1H3,(H,27,32)(H,30,31). The highest BCUT2D eigenvalue weighted by Crippen LogP contribution is 2.28. The van der Waals surface area contributed by atoms with E-state index >= 15 is 0 Å². The van der Waals surface area contributed by atoms with Crippen LogP contribution in [-0.2, 0) is 9.53 Å². The number of nitrogens with zero attached hydrogens (tertiary/aromatic N) is 3. The normalized spacial score (nSPS) is 16.8. The highest BCUT2D eigenvalue weighted by molar-refractivity contribution is 5.84. The Bertz CT molecular complexity index is 1080. The molecule has 1 saturated heterocycles. The lowest BCUT2D eigenvalue weighted by Crippen LogP contribution is -2.40. The number of piperidine rings is 1. The molecule has 8 nitrogen and oxygen atoms in total. The summed E-state index contributed by atoms with van der Waals surface area (Å²) in [4.78, 5) is 25.9. The van der Waals surface area contributed by atoms with Crippen LogP contribution in [0.2, 0.25) is 0 Å². The Morgan fingerprint density at radius 2 is 1.82 bits per heavy atom. The molecular formula is C25H28N4O4. The van der Waals surface area contributed by atoms with Gasteiger partial charge in [-0.25, -0.2) is 9.48 Å². The van der Waals surface area contributed by atoms with Gasteiger partial charge in [-0.3, -0.25) is 10.1 Å². The minimum absolute atomic E-state index is 0.00501. The van der Waals surface area contributed by atoms with Crippen LogP contribution >= 0.6 is 0 Å². The van der Waals surface area contributed by atoms with Gasteiger partial charge < -0.3 is 14.7 Å². The van der Waals surface area contributed by atoms with Crippen molar-refractivity contribution < 1.29 is 19.4 Å². The highest BCUT2D eigenvalue weighted by Gasteiger charge is 2.25. The summed E-state index contributed by atoms with van der Waals surface area (Å²) in [7, 11) is 0. The second-order valence-electron chi connectivity index (χ2n) is 8.17. The summed E-state index contributed by atoms with van der Waals surface area (Å²) in [5, 5.41) is 16.3. The molecule has 0 bridgehead atoms. The average molecular weight is 449 g/mol. The fourth-order valence-corrected chi connectivity index (χ4v) is 4.23. The van der Waals surface area contributed by atoms with Gasteiger partial charge in [0.1, 0.15) is 11.9 Å². The van der Waals surface area contributed by atoms with Crippen molar-refractivity contribution in [2.24, 2.45) is 0 Å². The largest absolute Gasteiger partial charge is 0.481 e. The van der Waals surface area contributed by atoms with E-state index in [1.165, 1.54) is 0 Å². The Hall–Kier alpha value is -3.81. The second kappa shape index (κ2) is 10.2. The number of carbonyl (C=O) groups is 2. The van der Waals surface area contributed by atoms with E-state index in [0.29, 0.717) is 5.82 Å². The number of carboxylic acid groups (broad SMARTS) is 1. The minimum Gasteiger partial charge on any atom is -0.481 e. The van der Waals surface area contributed by atoms with Gasteiger partial charge in [-0.05, 0) is 56.0 Å². The number of carboxylic acids is 1. The maximum atomic E-state index is 12.4. The van der Waals surface area contributed by atoms with Crippen molar-refractivity contribution >= 4 is 23.6 Å². The summed E-state index contributed by atoms with van der Waals surface area (Å²) in [5.74, 6) is -0.279. The van der Waals surface area contributed by atoms with Crippen molar-refractivity contribution in [2.45, 2.75) is 44.8 Å². The van der Waals surface area contributed by atoms with Crippen LogP contribution in [0.25, 0.3) is 5.69 Å². The topological polar surface area (TPSA) is 96.7 Å². The van der Waals surface area contributed by atoms with Gasteiger partial charge in [-0.15, -0.1) is 0 Å². The van der Waals surface area contributed by atoms with Crippen molar-refractivity contribution in [1.82, 2.24) is 9.78 Å². The fraction of sp³-hybridized carbons (Fsp3) is 0.320. The first-order chi connectivity index (χ1) is 16.0. The summed E-state index contributed by atoms with van der Waals surface area (Å²) in [6.45, 7) is 2.67. The predicted octanol–water partition coefficient (Wildman–Crippen LogP) is 5.02. The van der Waals surface area contributed by atoms with E-state index in [2.05, 4.69) is 15.3 Å². The summed E-state index contributed by atoms with van der Waals surface area (Å²) >= 11 is 0. The lowest BCUT2D eigenvalue weighted by molar-refractivity contribution is -0.137. The van der Waals surface area contributed by atoms with E-state index in [1.807, 2.05) is 61.5 Å². The number of hydrogen-bond acceptors (Lipinski definition) is 5. The number of nitrogens with one attached hydrogen (secondary N) is 1. The van der Waals surface area contributed by atoms with Gasteiger partial charge in [-0.1, -0.05) is 30.3 Å². The number of rotatable bonds is 7. The molecule has 0 radical (unpaired) electrons. The first-order valence-electron chi connectivity index (χ1n) is 11.2. The van der Waals surface area contributed by atoms with E-state index < -0.39 is 12.1 Å². The van der Waals surface area contributed by atoms with Gasteiger partial charge in [0.2, 0.25) is 0 Å². The second-order valence-corrected chi connectivity index (χ2v) is 8.17. The van der Waals surface area contributed by atoms with Gasteiger partial charge in [0, 0.05) is 24.3 Å². The molecule has 1 fully saturated rings. The van der Waals surface area contributed by atoms with Gasteiger partial charge in [0.15, 0.2) is 0 Å². The predicted molar refractivity (Wildman–Crippen MR) is 126 cm³/mol. The van der Waals surface area contributed by atoms with Crippen molar-refractivity contribution in [2.75, 3.05) is 16.8 Å². The van der Waals surface area contributed by atoms with E-state index in [-0.39, 0.29) is 18.6 Å². The monoisotopic (exact) mass is 448 g/mol. The maximum Gasteiger partial charge on any atom is 0.413 e. The van der Waals surface area contributed by atoms with E-state index in [1.54, 1.807) is 16.9 Å². The number of benzene rings is 2. The van der Waals surface area contributed by atoms with Crippen LogP contribution in [0.1, 0.15) is 44.3 Å². The zero-order valence-corrected chi connectivity index (χ0v) is 18.6. The molecule has 1 aliphatic rings. The molecule has 4 rings (SSSR count). The molecule has 2 aromatic carbocycles. The molecule has 2 N–H and O–H groups in total. The van der Waals surface area contributed by atoms with Crippen LogP contribution < -0.4 is 10.2 Å². The maximum absolute atomic E-state index is 12.4. The van der Waals surface area contributed by atoms with Crippen molar-refractivity contribution in [3.8, 4) is 5.69 Å². The molecule has 2 unspecified atom stereocenters. The molecule has 0 aliphatic carbocycles.